The first kappa shape index (κ1) is 19.1. The molecule has 1 atom stereocenters. The number of aromatic nitrogens is 1. The lowest BCUT2D eigenvalue weighted by Crippen LogP contribution is -2.49. The van der Waals surface area contributed by atoms with Crippen molar-refractivity contribution in [1.29, 1.82) is 0 Å². The monoisotopic (exact) mass is 395 g/mol. The second kappa shape index (κ2) is 8.05. The van der Waals surface area contributed by atoms with Gasteiger partial charge < -0.3 is 24.5 Å². The van der Waals surface area contributed by atoms with Crippen LogP contribution in [0.5, 0.6) is 11.5 Å². The van der Waals surface area contributed by atoms with Gasteiger partial charge in [0.05, 0.1) is 25.4 Å². The van der Waals surface area contributed by atoms with Crippen molar-refractivity contribution >= 4 is 22.6 Å². The molecule has 2 heterocycles. The fraction of sp³-hybridized carbons (Fsp3) is 0.318. The lowest BCUT2D eigenvalue weighted by atomic mass is 10.0. The maximum atomic E-state index is 12.2. The summed E-state index contributed by atoms with van der Waals surface area (Å²) in [6.07, 6.45) is 1.79. The minimum absolute atomic E-state index is 0.645. The van der Waals surface area contributed by atoms with E-state index in [1.807, 2.05) is 47.4 Å². The highest BCUT2D eigenvalue weighted by atomic mass is 16.5. The van der Waals surface area contributed by atoms with E-state index in [0.717, 1.165) is 41.0 Å². The van der Waals surface area contributed by atoms with Crippen LogP contribution < -0.4 is 14.4 Å². The first-order valence-electron chi connectivity index (χ1n) is 9.63. The summed E-state index contributed by atoms with van der Waals surface area (Å²) in [7, 11) is 3.28. The van der Waals surface area contributed by atoms with Crippen LogP contribution in [-0.2, 0) is 4.79 Å². The SMILES string of the molecule is COc1ccccc1N1CCN([C@H](C(=O)O)c2c[nH]c3c(OC)cccc23)CC1. The molecule has 0 bridgehead atoms. The molecule has 0 amide bonds. The van der Waals surface area contributed by atoms with Gasteiger partial charge in [-0.15, -0.1) is 0 Å². The number of nitrogens with one attached hydrogen (secondary N) is 1. The Kier molecular flexibility index (Phi) is 5.31. The summed E-state index contributed by atoms with van der Waals surface area (Å²) in [5, 5.41) is 10.9. The Bertz CT molecular complexity index is 1010. The lowest BCUT2D eigenvalue weighted by Gasteiger charge is -2.39. The maximum Gasteiger partial charge on any atom is 0.325 e. The Labute approximate surface area is 169 Å². The zero-order chi connectivity index (χ0) is 20.4. The number of aliphatic carboxylic acids is 1. The minimum atomic E-state index is -0.848. The van der Waals surface area contributed by atoms with Crippen LogP contribution in [0.3, 0.4) is 0 Å². The number of hydrogen-bond acceptors (Lipinski definition) is 5. The number of methoxy groups -OCH3 is 2. The molecule has 2 N–H and O–H groups in total. The molecule has 0 unspecified atom stereocenters. The Balaban J connectivity index is 1.58. The first-order valence-corrected chi connectivity index (χ1v) is 9.63. The predicted molar refractivity (Wildman–Crippen MR) is 112 cm³/mol. The molecule has 152 valence electrons. The smallest absolute Gasteiger partial charge is 0.325 e. The van der Waals surface area contributed by atoms with Crippen LogP contribution in [0.15, 0.2) is 48.7 Å². The van der Waals surface area contributed by atoms with E-state index in [9.17, 15) is 9.90 Å². The summed E-state index contributed by atoms with van der Waals surface area (Å²) in [6, 6.07) is 12.9. The van der Waals surface area contributed by atoms with Crippen molar-refractivity contribution in [1.82, 2.24) is 9.88 Å². The molecule has 1 aromatic heterocycles. The summed E-state index contributed by atoms with van der Waals surface area (Å²) < 4.78 is 10.9. The standard InChI is InChI=1S/C22H25N3O4/c1-28-18-8-4-3-7-17(18)24-10-12-25(13-11-24)21(22(26)27)16-14-23-20-15(16)6-5-9-19(20)29-2/h3-9,14,21,23H,10-13H2,1-2H3,(H,26,27)/t21-/m0/s1. The van der Waals surface area contributed by atoms with Gasteiger partial charge in [0, 0.05) is 43.3 Å². The molecular weight excluding hydrogens is 370 g/mol. The van der Waals surface area contributed by atoms with Gasteiger partial charge in [0.2, 0.25) is 0 Å². The lowest BCUT2D eigenvalue weighted by molar-refractivity contribution is -0.143. The molecule has 0 radical (unpaired) electrons. The van der Waals surface area contributed by atoms with Crippen molar-refractivity contribution in [3.63, 3.8) is 0 Å². The van der Waals surface area contributed by atoms with Crippen LogP contribution in [0.2, 0.25) is 0 Å². The number of fused-ring (bicyclic) bond motifs is 1. The number of para-hydroxylation sites is 3. The Morgan fingerprint density at radius 3 is 2.38 bits per heavy atom. The number of aromatic amines is 1. The predicted octanol–water partition coefficient (Wildman–Crippen LogP) is 3.13. The average molecular weight is 395 g/mol. The van der Waals surface area contributed by atoms with E-state index >= 15 is 0 Å². The topological polar surface area (TPSA) is 78.0 Å². The maximum absolute atomic E-state index is 12.2. The zero-order valence-corrected chi connectivity index (χ0v) is 16.6. The molecule has 7 nitrogen and oxygen atoms in total. The Morgan fingerprint density at radius 1 is 1.00 bits per heavy atom. The van der Waals surface area contributed by atoms with Gasteiger partial charge in [0.15, 0.2) is 0 Å². The number of nitrogens with zero attached hydrogens (tertiary/aromatic N) is 2. The molecule has 0 spiro atoms. The highest BCUT2D eigenvalue weighted by Gasteiger charge is 2.32. The Morgan fingerprint density at radius 2 is 1.69 bits per heavy atom. The van der Waals surface area contributed by atoms with E-state index in [1.54, 1.807) is 20.4 Å². The summed E-state index contributed by atoms with van der Waals surface area (Å²) >= 11 is 0. The number of ether oxygens (including phenoxy) is 2. The van der Waals surface area contributed by atoms with Crippen LogP contribution in [0.4, 0.5) is 5.69 Å². The third kappa shape index (κ3) is 3.49. The van der Waals surface area contributed by atoms with E-state index in [4.69, 9.17) is 9.47 Å². The molecule has 29 heavy (non-hydrogen) atoms. The van der Waals surface area contributed by atoms with Gasteiger partial charge in [-0.3, -0.25) is 9.69 Å². The van der Waals surface area contributed by atoms with Crippen molar-refractivity contribution in [2.45, 2.75) is 6.04 Å². The quantitative estimate of drug-likeness (QED) is 0.668. The van der Waals surface area contributed by atoms with Gasteiger partial charge in [-0.25, -0.2) is 0 Å². The number of hydrogen-bond donors (Lipinski definition) is 2. The number of rotatable bonds is 6. The summed E-state index contributed by atoms with van der Waals surface area (Å²) in [5.41, 5.74) is 2.62. The zero-order valence-electron chi connectivity index (χ0n) is 16.6. The molecule has 2 aromatic carbocycles. The van der Waals surface area contributed by atoms with Gasteiger partial charge in [-0.1, -0.05) is 24.3 Å². The normalized spacial score (nSPS) is 16.0. The number of carbonyl (C=O) groups is 1. The second-order valence-corrected chi connectivity index (χ2v) is 7.06. The number of anilines is 1. The molecule has 0 aliphatic carbocycles. The molecule has 1 fully saturated rings. The van der Waals surface area contributed by atoms with E-state index in [-0.39, 0.29) is 0 Å². The van der Waals surface area contributed by atoms with Crippen LogP contribution in [0.1, 0.15) is 11.6 Å². The van der Waals surface area contributed by atoms with Gasteiger partial charge in [-0.2, -0.15) is 0 Å². The van der Waals surface area contributed by atoms with E-state index in [0.29, 0.717) is 18.8 Å². The van der Waals surface area contributed by atoms with Crippen molar-refractivity contribution in [2.24, 2.45) is 0 Å². The largest absolute Gasteiger partial charge is 0.495 e. The summed E-state index contributed by atoms with van der Waals surface area (Å²) in [6.45, 7) is 2.75. The van der Waals surface area contributed by atoms with Crippen molar-refractivity contribution < 1.29 is 19.4 Å². The molecule has 7 heteroatoms. The van der Waals surface area contributed by atoms with Gasteiger partial charge in [0.1, 0.15) is 17.5 Å². The van der Waals surface area contributed by atoms with Gasteiger partial charge in [-0.05, 0) is 18.2 Å². The van der Waals surface area contributed by atoms with Gasteiger partial charge >= 0.3 is 5.97 Å². The fourth-order valence-electron chi connectivity index (χ4n) is 4.14. The van der Waals surface area contributed by atoms with Gasteiger partial charge in [0.25, 0.3) is 0 Å². The van der Waals surface area contributed by atoms with E-state index in [2.05, 4.69) is 9.88 Å². The van der Waals surface area contributed by atoms with Crippen LogP contribution in [0.25, 0.3) is 10.9 Å². The highest BCUT2D eigenvalue weighted by Crippen LogP contribution is 2.34. The van der Waals surface area contributed by atoms with Crippen molar-refractivity contribution in [2.75, 3.05) is 45.3 Å². The van der Waals surface area contributed by atoms with Crippen molar-refractivity contribution in [3.8, 4) is 11.5 Å². The highest BCUT2D eigenvalue weighted by molar-refractivity contribution is 5.92. The first-order chi connectivity index (χ1) is 14.1. The molecule has 1 aliphatic heterocycles. The number of piperazine rings is 1. The number of H-pyrrole nitrogens is 1. The molecule has 1 saturated heterocycles. The number of carboxylic acid groups (broad SMARTS) is 1. The average Bonchev–Trinajstić information content (AvgIpc) is 3.18. The van der Waals surface area contributed by atoms with Crippen molar-refractivity contribution in [3.05, 3.63) is 54.2 Å². The third-order valence-electron chi connectivity index (χ3n) is 5.56. The third-order valence-corrected chi connectivity index (χ3v) is 5.56. The molecule has 0 saturated carbocycles. The minimum Gasteiger partial charge on any atom is -0.495 e. The second-order valence-electron chi connectivity index (χ2n) is 7.06. The molecule has 3 aromatic rings. The molecule has 1 aliphatic rings. The molecule has 4 rings (SSSR count). The van der Waals surface area contributed by atoms with E-state index < -0.39 is 12.0 Å². The molecular formula is C22H25N3O4. The van der Waals surface area contributed by atoms with Crippen LogP contribution >= 0.6 is 0 Å². The fourth-order valence-corrected chi connectivity index (χ4v) is 4.14. The summed E-state index contributed by atoms with van der Waals surface area (Å²) in [4.78, 5) is 19.7. The number of benzene rings is 2. The van der Waals surface area contributed by atoms with E-state index in [1.165, 1.54) is 0 Å². The summed E-state index contributed by atoms with van der Waals surface area (Å²) in [5.74, 6) is 0.692. The Hall–Kier alpha value is -3.19. The van der Waals surface area contributed by atoms with Crippen LogP contribution in [-0.4, -0.2) is 61.4 Å². The number of carboxylic acids is 1. The van der Waals surface area contributed by atoms with Crippen LogP contribution in [0, 0.1) is 0 Å².